The molecule has 0 atom stereocenters. The third kappa shape index (κ3) is 6.47. The lowest BCUT2D eigenvalue weighted by atomic mass is 10.1. The Morgan fingerprint density at radius 3 is 2.41 bits per heavy atom. The van der Waals surface area contributed by atoms with E-state index < -0.39 is 11.8 Å². The molecule has 152 valence electrons. The Morgan fingerprint density at radius 1 is 1.10 bits per heavy atom. The van der Waals surface area contributed by atoms with Crippen LogP contribution in [0.2, 0.25) is 0 Å². The molecule has 1 saturated carbocycles. The zero-order chi connectivity index (χ0) is 20.6. The van der Waals surface area contributed by atoms with Crippen LogP contribution in [0.5, 0.6) is 5.75 Å². The summed E-state index contributed by atoms with van der Waals surface area (Å²) in [6, 6.07) is 14.5. The molecule has 1 aliphatic carbocycles. The van der Waals surface area contributed by atoms with Crippen molar-refractivity contribution in [2.45, 2.75) is 19.8 Å². The predicted molar refractivity (Wildman–Crippen MR) is 111 cm³/mol. The van der Waals surface area contributed by atoms with Crippen LogP contribution in [0.25, 0.3) is 6.08 Å². The van der Waals surface area contributed by atoms with Gasteiger partial charge in [-0.1, -0.05) is 29.8 Å². The Kier molecular flexibility index (Phi) is 7.03. The molecule has 29 heavy (non-hydrogen) atoms. The molecule has 3 rings (SSSR count). The molecule has 0 heterocycles. The van der Waals surface area contributed by atoms with Crippen LogP contribution in [-0.4, -0.2) is 36.7 Å². The van der Waals surface area contributed by atoms with E-state index in [0.717, 1.165) is 16.9 Å². The Labute approximate surface area is 170 Å². The smallest absolute Gasteiger partial charge is 0.267 e. The van der Waals surface area contributed by atoms with Gasteiger partial charge in [0.15, 0.2) is 0 Å². The molecular weight excluding hydrogens is 368 g/mol. The number of ether oxygens (including phenoxy) is 1. The molecule has 6 heteroatoms. The number of hydrogen-bond acceptors (Lipinski definition) is 4. The fourth-order valence-corrected chi connectivity index (χ4v) is 2.65. The number of amides is 2. The van der Waals surface area contributed by atoms with Crippen molar-refractivity contribution >= 4 is 17.9 Å². The molecule has 1 aliphatic rings. The van der Waals surface area contributed by atoms with Gasteiger partial charge >= 0.3 is 0 Å². The third-order valence-corrected chi connectivity index (χ3v) is 4.58. The molecule has 0 unspecified atom stereocenters. The second-order valence-corrected chi connectivity index (χ2v) is 7.18. The van der Waals surface area contributed by atoms with E-state index in [2.05, 4.69) is 10.6 Å². The lowest BCUT2D eigenvalue weighted by molar-refractivity contribution is -0.117. The predicted octanol–water partition coefficient (Wildman–Crippen LogP) is 2.66. The highest BCUT2D eigenvalue weighted by Crippen LogP contribution is 2.29. The van der Waals surface area contributed by atoms with Gasteiger partial charge in [0.2, 0.25) is 0 Å². The van der Waals surface area contributed by atoms with E-state index in [1.807, 2.05) is 31.2 Å². The van der Waals surface area contributed by atoms with Gasteiger partial charge in [-0.2, -0.15) is 0 Å². The van der Waals surface area contributed by atoms with Crippen LogP contribution >= 0.6 is 0 Å². The Bertz CT molecular complexity index is 869. The van der Waals surface area contributed by atoms with Crippen LogP contribution in [-0.2, 0) is 4.79 Å². The van der Waals surface area contributed by atoms with Gasteiger partial charge in [-0.05, 0) is 61.6 Å². The number of benzene rings is 2. The summed E-state index contributed by atoms with van der Waals surface area (Å²) in [6.07, 6.45) is 4.04. The van der Waals surface area contributed by atoms with E-state index in [9.17, 15) is 9.59 Å². The van der Waals surface area contributed by atoms with Crippen molar-refractivity contribution in [1.29, 1.82) is 0 Å². The van der Waals surface area contributed by atoms with Crippen LogP contribution in [0, 0.1) is 12.8 Å². The number of nitrogens with one attached hydrogen (secondary N) is 2. The zero-order valence-corrected chi connectivity index (χ0v) is 16.5. The van der Waals surface area contributed by atoms with Crippen LogP contribution in [0.1, 0.15) is 34.3 Å². The highest BCUT2D eigenvalue weighted by Gasteiger charge is 2.22. The van der Waals surface area contributed by atoms with Crippen molar-refractivity contribution in [2.75, 3.05) is 19.8 Å². The van der Waals surface area contributed by atoms with E-state index in [4.69, 9.17) is 9.84 Å². The van der Waals surface area contributed by atoms with Gasteiger partial charge in [0.1, 0.15) is 11.4 Å². The molecule has 2 aromatic rings. The summed E-state index contributed by atoms with van der Waals surface area (Å²) in [6.45, 7) is 2.61. The third-order valence-electron chi connectivity index (χ3n) is 4.58. The molecule has 3 N–H and O–H groups in total. The van der Waals surface area contributed by atoms with Crippen LogP contribution < -0.4 is 15.4 Å². The van der Waals surface area contributed by atoms with Gasteiger partial charge in [-0.25, -0.2) is 0 Å². The van der Waals surface area contributed by atoms with Gasteiger partial charge in [0, 0.05) is 12.1 Å². The number of carbonyl (C=O) groups excluding carboxylic acids is 2. The maximum absolute atomic E-state index is 12.6. The number of aryl methyl sites for hydroxylation is 1. The van der Waals surface area contributed by atoms with Crippen molar-refractivity contribution in [3.63, 3.8) is 0 Å². The van der Waals surface area contributed by atoms with Gasteiger partial charge in [-0.3, -0.25) is 9.59 Å². The van der Waals surface area contributed by atoms with E-state index in [-0.39, 0.29) is 18.8 Å². The minimum absolute atomic E-state index is 0.104. The first kappa shape index (κ1) is 20.6. The molecule has 0 bridgehead atoms. The van der Waals surface area contributed by atoms with E-state index in [1.165, 1.54) is 12.8 Å². The highest BCUT2D eigenvalue weighted by atomic mass is 16.5. The first-order valence-corrected chi connectivity index (χ1v) is 9.77. The average molecular weight is 394 g/mol. The molecule has 6 nitrogen and oxygen atoms in total. The van der Waals surface area contributed by atoms with Crippen LogP contribution in [0.3, 0.4) is 0 Å². The van der Waals surface area contributed by atoms with Crippen molar-refractivity contribution in [3.05, 3.63) is 70.9 Å². The summed E-state index contributed by atoms with van der Waals surface area (Å²) in [7, 11) is 0. The summed E-state index contributed by atoms with van der Waals surface area (Å²) in [5.74, 6) is 0.531. The monoisotopic (exact) mass is 394 g/mol. The summed E-state index contributed by atoms with van der Waals surface area (Å²) < 4.78 is 5.69. The number of carbonyl (C=O) groups is 2. The molecule has 0 radical (unpaired) electrons. The largest absolute Gasteiger partial charge is 0.493 e. The molecule has 2 amide bonds. The van der Waals surface area contributed by atoms with Gasteiger partial charge in [0.05, 0.1) is 13.2 Å². The minimum Gasteiger partial charge on any atom is -0.493 e. The number of rotatable bonds is 9. The molecular formula is C23H26N2O4. The van der Waals surface area contributed by atoms with Crippen molar-refractivity contribution < 1.29 is 19.4 Å². The number of aliphatic hydroxyl groups is 1. The topological polar surface area (TPSA) is 87.7 Å². The van der Waals surface area contributed by atoms with E-state index in [1.54, 1.807) is 30.3 Å². The Balaban J connectivity index is 1.70. The van der Waals surface area contributed by atoms with E-state index >= 15 is 0 Å². The lowest BCUT2D eigenvalue weighted by Gasteiger charge is -2.11. The fraction of sp³-hybridized carbons (Fsp3) is 0.304. The maximum atomic E-state index is 12.6. The minimum atomic E-state index is -0.461. The normalized spacial score (nSPS) is 13.7. The summed E-state index contributed by atoms with van der Waals surface area (Å²) in [5.41, 5.74) is 2.42. The van der Waals surface area contributed by atoms with Gasteiger partial charge < -0.3 is 20.5 Å². The maximum Gasteiger partial charge on any atom is 0.267 e. The Morgan fingerprint density at radius 2 is 1.79 bits per heavy atom. The molecule has 0 spiro atoms. The number of aliphatic hydroxyl groups excluding tert-OH is 1. The molecule has 0 saturated heterocycles. The van der Waals surface area contributed by atoms with E-state index in [0.29, 0.717) is 18.1 Å². The van der Waals surface area contributed by atoms with Crippen molar-refractivity contribution in [3.8, 4) is 5.75 Å². The van der Waals surface area contributed by atoms with Crippen LogP contribution in [0.15, 0.2) is 54.2 Å². The summed E-state index contributed by atoms with van der Waals surface area (Å²) in [5, 5.41) is 14.2. The number of hydrogen-bond donors (Lipinski definition) is 3. The summed E-state index contributed by atoms with van der Waals surface area (Å²) >= 11 is 0. The average Bonchev–Trinajstić information content (AvgIpc) is 3.56. The molecule has 0 aromatic heterocycles. The Hall–Kier alpha value is -3.12. The quantitative estimate of drug-likeness (QED) is 0.571. The van der Waals surface area contributed by atoms with Crippen molar-refractivity contribution in [2.24, 2.45) is 5.92 Å². The lowest BCUT2D eigenvalue weighted by Crippen LogP contribution is -2.36. The molecule has 0 aliphatic heterocycles. The standard InChI is InChI=1S/C23H26N2O4/c1-16-2-4-17(5-3-16)14-21(23(28)24-12-13-26)25-22(27)19-8-10-20(11-9-19)29-15-18-6-7-18/h2-5,8-11,14,18,26H,6-7,12-13,15H2,1H3,(H,24,28)(H,25,27)/b21-14-. The van der Waals surface area contributed by atoms with Crippen LogP contribution in [0.4, 0.5) is 0 Å². The first-order chi connectivity index (χ1) is 14.0. The van der Waals surface area contributed by atoms with Gasteiger partial charge in [0.25, 0.3) is 11.8 Å². The van der Waals surface area contributed by atoms with Gasteiger partial charge in [-0.15, -0.1) is 0 Å². The summed E-state index contributed by atoms with van der Waals surface area (Å²) in [4.78, 5) is 25.1. The second-order valence-electron chi connectivity index (χ2n) is 7.18. The zero-order valence-electron chi connectivity index (χ0n) is 16.5. The fourth-order valence-electron chi connectivity index (χ4n) is 2.65. The highest BCUT2D eigenvalue weighted by molar-refractivity contribution is 6.05. The SMILES string of the molecule is Cc1ccc(/C=C(\NC(=O)c2ccc(OCC3CC3)cc2)C(=O)NCCO)cc1. The second kappa shape index (κ2) is 9.89. The first-order valence-electron chi connectivity index (χ1n) is 9.77. The molecule has 1 fully saturated rings. The van der Waals surface area contributed by atoms with Crippen molar-refractivity contribution in [1.82, 2.24) is 10.6 Å². The molecule has 2 aromatic carbocycles.